The molecule has 2 rings (SSSR count). The van der Waals surface area contributed by atoms with Crippen molar-refractivity contribution in [3.8, 4) is 0 Å². The predicted octanol–water partition coefficient (Wildman–Crippen LogP) is 6.94. The van der Waals surface area contributed by atoms with E-state index < -0.39 is 16.7 Å². The van der Waals surface area contributed by atoms with Crippen LogP contribution in [0.5, 0.6) is 0 Å². The Labute approximate surface area is 181 Å². The molecule has 1 aromatic carbocycles. The monoisotopic (exact) mass is 451 g/mol. The van der Waals surface area contributed by atoms with Gasteiger partial charge in [-0.05, 0) is 42.8 Å². The zero-order valence-electron chi connectivity index (χ0n) is 16.1. The number of hydrogen-bond donors (Lipinski definition) is 2. The molecule has 0 aliphatic carbocycles. The summed E-state index contributed by atoms with van der Waals surface area (Å²) in [5, 5.41) is 0. The van der Waals surface area contributed by atoms with Crippen molar-refractivity contribution >= 4 is 48.8 Å². The van der Waals surface area contributed by atoms with Crippen LogP contribution >= 0.6 is 37.2 Å². The van der Waals surface area contributed by atoms with Crippen molar-refractivity contribution in [2.24, 2.45) is 0 Å². The van der Waals surface area contributed by atoms with Crippen LogP contribution in [0.3, 0.4) is 0 Å². The van der Waals surface area contributed by atoms with Crippen molar-refractivity contribution in [2.75, 3.05) is 10.1 Å². The molecular weight excluding hydrogens is 423 g/mol. The summed E-state index contributed by atoms with van der Waals surface area (Å²) < 4.78 is 36.8. The highest BCUT2D eigenvalue weighted by Gasteiger charge is 2.46. The molecule has 0 radical (unpaired) electrons. The van der Waals surface area contributed by atoms with Gasteiger partial charge in [-0.15, -0.1) is 25.3 Å². The number of hydrogen-bond acceptors (Lipinski definition) is 4. The fourth-order valence-corrected chi connectivity index (χ4v) is 4.86. The van der Waals surface area contributed by atoms with Gasteiger partial charge in [0.25, 0.3) is 5.91 Å². The van der Waals surface area contributed by atoms with Crippen LogP contribution in [0.15, 0.2) is 18.2 Å². The number of rotatable bonds is 11. The number of carbonyl (C=O) groups excluding carboxylic acids is 1. The first kappa shape index (κ1) is 23.8. The third kappa shape index (κ3) is 6.52. The maximum atomic E-state index is 12.5. The molecular formula is C20H28F3NOS3. The Hall–Kier alpha value is -0.470. The Balaban J connectivity index is 1.74. The minimum atomic E-state index is -4.02. The van der Waals surface area contributed by atoms with Crippen LogP contribution in [-0.2, 0) is 15.3 Å². The third-order valence-corrected chi connectivity index (χ3v) is 6.57. The second-order valence-electron chi connectivity index (χ2n) is 7.13. The van der Waals surface area contributed by atoms with Crippen molar-refractivity contribution in [1.29, 1.82) is 0 Å². The molecule has 8 heteroatoms. The van der Waals surface area contributed by atoms with E-state index in [1.807, 2.05) is 19.1 Å². The highest BCUT2D eigenvalue weighted by Crippen LogP contribution is 2.49. The summed E-state index contributed by atoms with van der Waals surface area (Å²) in [7, 11) is 0. The van der Waals surface area contributed by atoms with Gasteiger partial charge in [-0.3, -0.25) is 9.10 Å². The normalized spacial score (nSPS) is 15.9. The number of thiol groups is 2. The summed E-state index contributed by atoms with van der Waals surface area (Å²) in [5.74, 6) is 0.671. The molecule has 1 heterocycles. The number of benzene rings is 1. The lowest BCUT2D eigenvalue weighted by Crippen LogP contribution is -2.28. The van der Waals surface area contributed by atoms with E-state index in [1.165, 1.54) is 11.9 Å². The summed E-state index contributed by atoms with van der Waals surface area (Å²) in [6.07, 6.45) is 2.07. The van der Waals surface area contributed by atoms with E-state index in [1.54, 1.807) is 4.31 Å². The number of amides is 1. The highest BCUT2D eigenvalue weighted by molar-refractivity contribution is 8.03. The Morgan fingerprint density at radius 3 is 2.25 bits per heavy atom. The molecule has 0 saturated heterocycles. The van der Waals surface area contributed by atoms with E-state index in [0.717, 1.165) is 61.1 Å². The van der Waals surface area contributed by atoms with Crippen molar-refractivity contribution in [3.05, 3.63) is 29.3 Å². The quantitative estimate of drug-likeness (QED) is 0.164. The van der Waals surface area contributed by atoms with Crippen molar-refractivity contribution in [3.63, 3.8) is 0 Å². The van der Waals surface area contributed by atoms with Gasteiger partial charge in [0.15, 0.2) is 4.08 Å². The SMILES string of the molecule is CCSN1C(=O)C(S)(S)c2cc(CCCCCCCCCC(F)(F)F)ccc21. The van der Waals surface area contributed by atoms with E-state index in [2.05, 4.69) is 31.3 Å². The lowest BCUT2D eigenvalue weighted by molar-refractivity contribution is -0.135. The molecule has 2 nitrogen and oxygen atoms in total. The summed E-state index contributed by atoms with van der Waals surface area (Å²) in [4.78, 5) is 12.5. The molecule has 0 aromatic heterocycles. The van der Waals surface area contributed by atoms with E-state index >= 15 is 0 Å². The first-order valence-corrected chi connectivity index (χ1v) is 11.6. The summed E-state index contributed by atoms with van der Waals surface area (Å²) in [5.41, 5.74) is 2.87. The molecule has 0 bridgehead atoms. The second-order valence-corrected chi connectivity index (χ2v) is 10.0. The van der Waals surface area contributed by atoms with Crippen LogP contribution in [0.2, 0.25) is 0 Å². The standard InChI is InChI=1S/C20H28F3NOS3/c1-2-28-24-17-12-11-15(14-16(17)20(26,27)18(24)25)10-8-6-4-3-5-7-9-13-19(21,22)23/h11-12,14,26-27H,2-10,13H2,1H3. The van der Waals surface area contributed by atoms with Crippen LogP contribution in [0.1, 0.15) is 69.4 Å². The van der Waals surface area contributed by atoms with Crippen molar-refractivity contribution in [1.82, 2.24) is 0 Å². The van der Waals surface area contributed by atoms with E-state index in [9.17, 15) is 18.0 Å². The maximum absolute atomic E-state index is 12.5. The fourth-order valence-electron chi connectivity index (χ4n) is 3.36. The molecule has 1 aliphatic rings. The molecule has 0 fully saturated rings. The lowest BCUT2D eigenvalue weighted by atomic mass is 10.0. The van der Waals surface area contributed by atoms with Gasteiger partial charge in [0, 0.05) is 17.7 Å². The highest BCUT2D eigenvalue weighted by atomic mass is 32.2. The largest absolute Gasteiger partial charge is 0.389 e. The molecule has 1 aliphatic heterocycles. The van der Waals surface area contributed by atoms with E-state index in [-0.39, 0.29) is 12.3 Å². The van der Waals surface area contributed by atoms with Gasteiger partial charge >= 0.3 is 6.18 Å². The first-order valence-electron chi connectivity index (χ1n) is 9.79. The molecule has 1 amide bonds. The smallest absolute Gasteiger partial charge is 0.271 e. The fraction of sp³-hybridized carbons (Fsp3) is 0.650. The summed E-state index contributed by atoms with van der Waals surface area (Å²) in [6, 6.07) is 6.05. The Kier molecular flexibility index (Phi) is 8.95. The molecule has 28 heavy (non-hydrogen) atoms. The van der Waals surface area contributed by atoms with Gasteiger partial charge in [0.05, 0.1) is 5.69 Å². The van der Waals surface area contributed by atoms with Gasteiger partial charge in [0.1, 0.15) is 0 Å². The average Bonchev–Trinajstić information content (AvgIpc) is 2.80. The zero-order chi connectivity index (χ0) is 20.8. The number of alkyl halides is 3. The van der Waals surface area contributed by atoms with Gasteiger partial charge in [-0.25, -0.2) is 0 Å². The zero-order valence-corrected chi connectivity index (χ0v) is 18.7. The number of halogens is 3. The van der Waals surface area contributed by atoms with Crippen LogP contribution in [0.4, 0.5) is 18.9 Å². The molecule has 0 N–H and O–H groups in total. The van der Waals surface area contributed by atoms with Gasteiger partial charge < -0.3 is 0 Å². The van der Waals surface area contributed by atoms with Crippen LogP contribution < -0.4 is 4.31 Å². The number of aryl methyl sites for hydroxylation is 1. The molecule has 0 spiro atoms. The van der Waals surface area contributed by atoms with E-state index in [0.29, 0.717) is 6.42 Å². The predicted molar refractivity (Wildman–Crippen MR) is 118 cm³/mol. The minimum Gasteiger partial charge on any atom is -0.271 e. The maximum Gasteiger partial charge on any atom is 0.389 e. The minimum absolute atomic E-state index is 0.122. The second kappa shape index (κ2) is 10.5. The molecule has 1 aromatic rings. The molecule has 158 valence electrons. The Bertz CT molecular complexity index is 665. The van der Waals surface area contributed by atoms with Gasteiger partial charge in [0.2, 0.25) is 0 Å². The number of fused-ring (bicyclic) bond motifs is 1. The summed E-state index contributed by atoms with van der Waals surface area (Å²) >= 11 is 10.4. The Morgan fingerprint density at radius 2 is 1.64 bits per heavy atom. The number of unbranched alkanes of at least 4 members (excludes halogenated alkanes) is 6. The number of carbonyl (C=O) groups is 1. The van der Waals surface area contributed by atoms with E-state index in [4.69, 9.17) is 0 Å². The van der Waals surface area contributed by atoms with Crippen LogP contribution in [0.25, 0.3) is 0 Å². The lowest BCUT2D eigenvalue weighted by Gasteiger charge is -2.16. The van der Waals surface area contributed by atoms with Crippen molar-refractivity contribution < 1.29 is 18.0 Å². The van der Waals surface area contributed by atoms with Gasteiger partial charge in [-0.2, -0.15) is 13.2 Å². The topological polar surface area (TPSA) is 20.3 Å². The molecule has 0 unspecified atom stereocenters. The van der Waals surface area contributed by atoms with Crippen molar-refractivity contribution in [2.45, 2.75) is 75.0 Å². The number of nitrogens with zero attached hydrogens (tertiary/aromatic N) is 1. The average molecular weight is 452 g/mol. The van der Waals surface area contributed by atoms with Crippen LogP contribution in [0, 0.1) is 0 Å². The first-order chi connectivity index (χ1) is 13.2. The third-order valence-electron chi connectivity index (χ3n) is 4.82. The van der Waals surface area contributed by atoms with Crippen LogP contribution in [-0.4, -0.2) is 17.8 Å². The Morgan fingerprint density at radius 1 is 1.04 bits per heavy atom. The summed E-state index contributed by atoms with van der Waals surface area (Å²) in [6.45, 7) is 2.00. The molecule has 0 saturated carbocycles. The van der Waals surface area contributed by atoms with Gasteiger partial charge in [-0.1, -0.05) is 51.2 Å². The number of anilines is 1. The molecule has 0 atom stereocenters.